The first-order valence-corrected chi connectivity index (χ1v) is 6.74. The zero-order valence-corrected chi connectivity index (χ0v) is 11.5. The van der Waals surface area contributed by atoms with E-state index in [-0.39, 0.29) is 12.0 Å². The third-order valence-corrected chi connectivity index (χ3v) is 3.85. The Kier molecular flexibility index (Phi) is 4.09. The minimum absolute atomic E-state index is 0.165. The quantitative estimate of drug-likeness (QED) is 0.746. The van der Waals surface area contributed by atoms with Crippen molar-refractivity contribution in [3.05, 3.63) is 11.4 Å². The molecule has 0 saturated heterocycles. The number of hydrogen-bond donors (Lipinski definition) is 3. The Bertz CT molecular complexity index is 461. The van der Waals surface area contributed by atoms with Crippen molar-refractivity contribution in [2.45, 2.75) is 38.7 Å². The third-order valence-electron chi connectivity index (χ3n) is 3.85. The SMILES string of the molecule is Cc1nn(C)c(C(=O)NCC2CCC(O)CC2)c1N. The predicted molar refractivity (Wildman–Crippen MR) is 72.7 cm³/mol. The lowest BCUT2D eigenvalue weighted by Crippen LogP contribution is -2.33. The van der Waals surface area contributed by atoms with Crippen LogP contribution in [0.15, 0.2) is 0 Å². The Labute approximate surface area is 113 Å². The van der Waals surface area contributed by atoms with Crippen LogP contribution in [0.25, 0.3) is 0 Å². The lowest BCUT2D eigenvalue weighted by molar-refractivity contribution is 0.0903. The highest BCUT2D eigenvalue weighted by atomic mass is 16.3. The Morgan fingerprint density at radius 1 is 1.47 bits per heavy atom. The number of anilines is 1. The fourth-order valence-electron chi connectivity index (χ4n) is 2.61. The number of aliphatic hydroxyl groups excluding tert-OH is 1. The van der Waals surface area contributed by atoms with Crippen LogP contribution in [-0.4, -0.2) is 33.4 Å². The van der Waals surface area contributed by atoms with Crippen LogP contribution in [0, 0.1) is 12.8 Å². The molecule has 4 N–H and O–H groups in total. The predicted octanol–water partition coefficient (Wildman–Crippen LogP) is 0.592. The molecule has 0 unspecified atom stereocenters. The summed E-state index contributed by atoms with van der Waals surface area (Å²) in [6.45, 7) is 2.42. The second-order valence-electron chi connectivity index (χ2n) is 5.36. The maximum Gasteiger partial charge on any atom is 0.271 e. The second-order valence-corrected chi connectivity index (χ2v) is 5.36. The molecule has 106 valence electrons. The molecule has 0 aromatic carbocycles. The summed E-state index contributed by atoms with van der Waals surface area (Å²) in [5, 5.41) is 16.5. The molecule has 1 aromatic rings. The van der Waals surface area contributed by atoms with Crippen LogP contribution < -0.4 is 11.1 Å². The van der Waals surface area contributed by atoms with Gasteiger partial charge in [-0.3, -0.25) is 9.48 Å². The van der Waals surface area contributed by atoms with Crippen molar-refractivity contribution < 1.29 is 9.90 Å². The molecule has 6 nitrogen and oxygen atoms in total. The second kappa shape index (κ2) is 5.61. The number of amides is 1. The topological polar surface area (TPSA) is 93.2 Å². The summed E-state index contributed by atoms with van der Waals surface area (Å²) in [4.78, 5) is 12.1. The number of nitrogen functional groups attached to an aromatic ring is 1. The van der Waals surface area contributed by atoms with Gasteiger partial charge < -0.3 is 16.2 Å². The standard InChI is InChI=1S/C13H22N4O2/c1-8-11(14)12(17(2)16-8)13(19)15-7-9-3-5-10(18)6-4-9/h9-10,18H,3-7,14H2,1-2H3,(H,15,19). The number of nitrogens with zero attached hydrogens (tertiary/aromatic N) is 2. The fourth-order valence-corrected chi connectivity index (χ4v) is 2.61. The van der Waals surface area contributed by atoms with Gasteiger partial charge in [-0.1, -0.05) is 0 Å². The third kappa shape index (κ3) is 3.07. The molecule has 1 amide bonds. The Balaban J connectivity index is 1.91. The molecule has 0 spiro atoms. The minimum atomic E-state index is -0.174. The van der Waals surface area contributed by atoms with Crippen molar-refractivity contribution in [1.82, 2.24) is 15.1 Å². The number of nitrogens with one attached hydrogen (secondary N) is 1. The first kappa shape index (κ1) is 13.9. The van der Waals surface area contributed by atoms with Crippen LogP contribution >= 0.6 is 0 Å². The van der Waals surface area contributed by atoms with Gasteiger partial charge in [0.2, 0.25) is 0 Å². The van der Waals surface area contributed by atoms with Crippen molar-refractivity contribution >= 4 is 11.6 Å². The number of carbonyl (C=O) groups excluding carboxylic acids is 1. The van der Waals surface area contributed by atoms with Crippen LogP contribution in [0.1, 0.15) is 41.9 Å². The lowest BCUT2D eigenvalue weighted by atomic mass is 9.87. The molecule has 19 heavy (non-hydrogen) atoms. The van der Waals surface area contributed by atoms with Crippen LogP contribution in [-0.2, 0) is 7.05 Å². The van der Waals surface area contributed by atoms with Gasteiger partial charge >= 0.3 is 0 Å². The van der Waals surface area contributed by atoms with E-state index in [1.54, 1.807) is 14.0 Å². The number of aliphatic hydroxyl groups is 1. The van der Waals surface area contributed by atoms with E-state index < -0.39 is 0 Å². The largest absolute Gasteiger partial charge is 0.395 e. The smallest absolute Gasteiger partial charge is 0.271 e. The maximum atomic E-state index is 12.1. The van der Waals surface area contributed by atoms with Crippen LogP contribution in [0.2, 0.25) is 0 Å². The van der Waals surface area contributed by atoms with E-state index in [0.717, 1.165) is 25.7 Å². The number of aryl methyl sites for hydroxylation is 2. The molecule has 6 heteroatoms. The first-order chi connectivity index (χ1) is 8.99. The van der Waals surface area contributed by atoms with Gasteiger partial charge in [-0.25, -0.2) is 0 Å². The molecular weight excluding hydrogens is 244 g/mol. The number of aromatic nitrogens is 2. The van der Waals surface area contributed by atoms with Crippen molar-refractivity contribution in [2.75, 3.05) is 12.3 Å². The summed E-state index contributed by atoms with van der Waals surface area (Å²) in [6.07, 6.45) is 3.41. The van der Waals surface area contributed by atoms with Gasteiger partial charge in [-0.05, 0) is 38.5 Å². The molecule has 1 heterocycles. The van der Waals surface area contributed by atoms with Gasteiger partial charge in [0.1, 0.15) is 5.69 Å². The van der Waals surface area contributed by atoms with Gasteiger partial charge in [-0.15, -0.1) is 0 Å². The summed E-state index contributed by atoms with van der Waals surface area (Å²) < 4.78 is 1.52. The van der Waals surface area contributed by atoms with Gasteiger partial charge in [0.25, 0.3) is 5.91 Å². The Morgan fingerprint density at radius 2 is 2.11 bits per heavy atom. The summed E-state index contributed by atoms with van der Waals surface area (Å²) in [5.41, 5.74) is 7.40. The molecule has 0 radical (unpaired) electrons. The molecule has 1 aromatic heterocycles. The average Bonchev–Trinajstić information content (AvgIpc) is 2.62. The van der Waals surface area contributed by atoms with E-state index in [0.29, 0.717) is 29.5 Å². The summed E-state index contributed by atoms with van der Waals surface area (Å²) in [6, 6.07) is 0. The number of carbonyl (C=O) groups is 1. The maximum absolute atomic E-state index is 12.1. The van der Waals surface area contributed by atoms with E-state index in [1.807, 2.05) is 0 Å². The molecular formula is C13H22N4O2. The first-order valence-electron chi connectivity index (χ1n) is 6.74. The molecule has 1 aliphatic carbocycles. The Morgan fingerprint density at radius 3 is 2.63 bits per heavy atom. The van der Waals surface area contributed by atoms with Gasteiger partial charge in [0.05, 0.1) is 17.5 Å². The monoisotopic (exact) mass is 266 g/mol. The van der Waals surface area contributed by atoms with E-state index in [2.05, 4.69) is 10.4 Å². The summed E-state index contributed by atoms with van der Waals surface area (Å²) in [7, 11) is 1.72. The van der Waals surface area contributed by atoms with Crippen LogP contribution in [0.5, 0.6) is 0 Å². The van der Waals surface area contributed by atoms with Crippen LogP contribution in [0.3, 0.4) is 0 Å². The van der Waals surface area contributed by atoms with Gasteiger partial charge in [0.15, 0.2) is 0 Å². The molecule has 0 aliphatic heterocycles. The van der Waals surface area contributed by atoms with E-state index >= 15 is 0 Å². The molecule has 0 atom stereocenters. The number of rotatable bonds is 3. The normalized spacial score (nSPS) is 23.3. The highest BCUT2D eigenvalue weighted by Crippen LogP contribution is 2.23. The highest BCUT2D eigenvalue weighted by molar-refractivity contribution is 5.97. The molecule has 2 rings (SSSR count). The molecule has 1 fully saturated rings. The lowest BCUT2D eigenvalue weighted by Gasteiger charge is -2.25. The molecule has 1 aliphatic rings. The van der Waals surface area contributed by atoms with Crippen molar-refractivity contribution in [3.63, 3.8) is 0 Å². The zero-order valence-electron chi connectivity index (χ0n) is 11.5. The fraction of sp³-hybridized carbons (Fsp3) is 0.692. The number of nitrogens with two attached hydrogens (primary N) is 1. The van der Waals surface area contributed by atoms with Crippen molar-refractivity contribution in [2.24, 2.45) is 13.0 Å². The Hall–Kier alpha value is -1.56. The average molecular weight is 266 g/mol. The highest BCUT2D eigenvalue weighted by Gasteiger charge is 2.22. The van der Waals surface area contributed by atoms with Crippen molar-refractivity contribution in [1.29, 1.82) is 0 Å². The van der Waals surface area contributed by atoms with Gasteiger partial charge in [-0.2, -0.15) is 5.10 Å². The molecule has 1 saturated carbocycles. The number of hydrogen-bond acceptors (Lipinski definition) is 4. The minimum Gasteiger partial charge on any atom is -0.395 e. The van der Waals surface area contributed by atoms with Crippen LogP contribution in [0.4, 0.5) is 5.69 Å². The van der Waals surface area contributed by atoms with E-state index in [9.17, 15) is 9.90 Å². The van der Waals surface area contributed by atoms with Gasteiger partial charge in [0, 0.05) is 13.6 Å². The zero-order chi connectivity index (χ0) is 14.0. The summed E-state index contributed by atoms with van der Waals surface area (Å²) >= 11 is 0. The summed E-state index contributed by atoms with van der Waals surface area (Å²) in [5.74, 6) is 0.273. The van der Waals surface area contributed by atoms with E-state index in [4.69, 9.17) is 5.73 Å². The molecule has 0 bridgehead atoms. The van der Waals surface area contributed by atoms with E-state index in [1.165, 1.54) is 4.68 Å². The van der Waals surface area contributed by atoms with Crippen molar-refractivity contribution in [3.8, 4) is 0 Å².